The van der Waals surface area contributed by atoms with E-state index in [0.29, 0.717) is 30.9 Å². The average molecular weight is 473 g/mol. The minimum absolute atomic E-state index is 0.159. The van der Waals surface area contributed by atoms with Crippen LogP contribution in [-0.4, -0.2) is 77.6 Å². The Morgan fingerprint density at radius 2 is 2.09 bits per heavy atom. The van der Waals surface area contributed by atoms with Crippen molar-refractivity contribution in [3.05, 3.63) is 35.1 Å². The standard InChI is InChI=1S/C24H27NO9/c1-12(26)32-16(11-18(27)28)22(29)33-15-6-7-24(30)17-10-13-4-5-14(31-3)20-19(13)23(24,21(15)34-20)8-9-25(17)2/h4-6,16-17,21,30H,7-11H2,1-3H3,(H,27,28)/t16-,17+,21?,23?,24+/m0/s1. The molecule has 2 aliphatic carbocycles. The monoisotopic (exact) mass is 473 g/mol. The molecule has 0 saturated carbocycles. The van der Waals surface area contributed by atoms with Crippen LogP contribution in [0.15, 0.2) is 24.0 Å². The van der Waals surface area contributed by atoms with Gasteiger partial charge in [-0.05, 0) is 44.1 Å². The highest BCUT2D eigenvalue weighted by Crippen LogP contribution is 2.65. The first kappa shape index (κ1) is 22.7. The van der Waals surface area contributed by atoms with E-state index in [9.17, 15) is 19.5 Å². The Morgan fingerprint density at radius 3 is 2.76 bits per heavy atom. The SMILES string of the molecule is COc1ccc2c3c1OC1C(OC(=O)[C@H](CC(=O)O)OC(C)=O)=CC[C@@]4(O)[C@@H](C2)N(C)CCC314. The first-order valence-corrected chi connectivity index (χ1v) is 11.2. The van der Waals surface area contributed by atoms with Crippen molar-refractivity contribution in [1.82, 2.24) is 4.90 Å². The lowest BCUT2D eigenvalue weighted by Crippen LogP contribution is -2.74. The number of carboxylic acid groups (broad SMARTS) is 1. The average Bonchev–Trinajstić information content (AvgIpc) is 3.12. The predicted molar refractivity (Wildman–Crippen MR) is 115 cm³/mol. The molecular weight excluding hydrogens is 446 g/mol. The number of nitrogens with zero attached hydrogens (tertiary/aromatic N) is 1. The molecule has 0 aromatic heterocycles. The predicted octanol–water partition coefficient (Wildman–Crippen LogP) is 0.922. The van der Waals surface area contributed by atoms with Gasteiger partial charge in [0.05, 0.1) is 24.5 Å². The molecule has 4 aliphatic rings. The van der Waals surface area contributed by atoms with Crippen LogP contribution in [0.25, 0.3) is 0 Å². The molecule has 1 aromatic rings. The van der Waals surface area contributed by atoms with Gasteiger partial charge < -0.3 is 34.1 Å². The number of carbonyl (C=O) groups is 3. The van der Waals surface area contributed by atoms with Gasteiger partial charge in [0, 0.05) is 24.9 Å². The summed E-state index contributed by atoms with van der Waals surface area (Å²) in [5.74, 6) is -1.88. The van der Waals surface area contributed by atoms with Gasteiger partial charge in [-0.25, -0.2) is 4.79 Å². The Bertz CT molecular complexity index is 1100. The second-order valence-electron chi connectivity index (χ2n) is 9.40. The summed E-state index contributed by atoms with van der Waals surface area (Å²) in [5, 5.41) is 21.3. The van der Waals surface area contributed by atoms with Crippen LogP contribution in [0.4, 0.5) is 0 Å². The highest BCUT2D eigenvalue weighted by Gasteiger charge is 2.72. The van der Waals surface area contributed by atoms with Crippen LogP contribution in [0.5, 0.6) is 11.5 Å². The molecule has 1 aromatic carbocycles. The minimum Gasteiger partial charge on any atom is -0.493 e. The number of likely N-dealkylation sites (N-methyl/N-ethyl adjacent to an activating group) is 1. The lowest BCUT2D eigenvalue weighted by atomic mass is 9.50. The van der Waals surface area contributed by atoms with Gasteiger partial charge in [-0.1, -0.05) is 6.07 Å². The third-order valence-electron chi connectivity index (χ3n) is 7.71. The van der Waals surface area contributed by atoms with Gasteiger partial charge in [-0.15, -0.1) is 0 Å². The van der Waals surface area contributed by atoms with E-state index < -0.39 is 47.6 Å². The van der Waals surface area contributed by atoms with Crippen molar-refractivity contribution in [2.75, 3.05) is 20.7 Å². The number of aliphatic hydroxyl groups is 1. The second kappa shape index (κ2) is 7.71. The fourth-order valence-electron chi connectivity index (χ4n) is 6.30. The van der Waals surface area contributed by atoms with E-state index in [4.69, 9.17) is 24.1 Å². The van der Waals surface area contributed by atoms with E-state index >= 15 is 0 Å². The van der Waals surface area contributed by atoms with Gasteiger partial charge in [0.15, 0.2) is 17.6 Å². The quantitative estimate of drug-likeness (QED) is 0.575. The largest absolute Gasteiger partial charge is 0.493 e. The Kier molecular flexibility index (Phi) is 5.14. The van der Waals surface area contributed by atoms with Crippen molar-refractivity contribution in [2.24, 2.45) is 0 Å². The summed E-state index contributed by atoms with van der Waals surface area (Å²) in [4.78, 5) is 37.7. The van der Waals surface area contributed by atoms with E-state index in [2.05, 4.69) is 4.90 Å². The Balaban J connectivity index is 1.57. The molecule has 10 nitrogen and oxygen atoms in total. The van der Waals surface area contributed by atoms with Crippen LogP contribution < -0.4 is 9.47 Å². The van der Waals surface area contributed by atoms with E-state index in [1.807, 2.05) is 19.2 Å². The Labute approximate surface area is 196 Å². The Hall–Kier alpha value is -3.11. The molecule has 10 heteroatoms. The maximum absolute atomic E-state index is 12.9. The summed E-state index contributed by atoms with van der Waals surface area (Å²) >= 11 is 0. The van der Waals surface area contributed by atoms with Crippen molar-refractivity contribution in [1.29, 1.82) is 0 Å². The van der Waals surface area contributed by atoms with E-state index in [-0.39, 0.29) is 18.2 Å². The molecule has 5 rings (SSSR count). The summed E-state index contributed by atoms with van der Waals surface area (Å²) in [7, 11) is 3.53. The zero-order valence-corrected chi connectivity index (χ0v) is 19.2. The molecule has 2 heterocycles. The first-order chi connectivity index (χ1) is 16.1. The van der Waals surface area contributed by atoms with Gasteiger partial charge in [0.25, 0.3) is 0 Å². The molecule has 0 radical (unpaired) electrons. The first-order valence-electron chi connectivity index (χ1n) is 11.2. The van der Waals surface area contributed by atoms with Gasteiger partial charge >= 0.3 is 17.9 Å². The van der Waals surface area contributed by atoms with Gasteiger partial charge in [0.1, 0.15) is 5.76 Å². The van der Waals surface area contributed by atoms with E-state index in [0.717, 1.165) is 18.1 Å². The lowest BCUT2D eigenvalue weighted by Gasteiger charge is -2.61. The van der Waals surface area contributed by atoms with Crippen LogP contribution in [0, 0.1) is 0 Å². The van der Waals surface area contributed by atoms with Crippen molar-refractivity contribution in [3.8, 4) is 11.5 Å². The topological polar surface area (TPSA) is 132 Å². The Morgan fingerprint density at radius 1 is 1.32 bits per heavy atom. The molecule has 2 N–H and O–H groups in total. The summed E-state index contributed by atoms with van der Waals surface area (Å²) < 4.78 is 22.5. The number of carbonyl (C=O) groups excluding carboxylic acids is 2. The number of esters is 2. The number of likely N-dealkylation sites (tertiary alicyclic amines) is 1. The summed E-state index contributed by atoms with van der Waals surface area (Å²) in [5.41, 5.74) is -0.0970. The summed E-state index contributed by atoms with van der Waals surface area (Å²) in [6.45, 7) is 1.80. The van der Waals surface area contributed by atoms with E-state index in [1.54, 1.807) is 13.2 Å². The number of hydrogen-bond donors (Lipinski definition) is 2. The van der Waals surface area contributed by atoms with Crippen LogP contribution in [0.3, 0.4) is 0 Å². The van der Waals surface area contributed by atoms with Crippen LogP contribution in [0.1, 0.15) is 37.3 Å². The summed E-state index contributed by atoms with van der Waals surface area (Å²) in [6.07, 6.45) is -0.0880. The van der Waals surface area contributed by atoms with Crippen LogP contribution in [-0.2, 0) is 35.7 Å². The lowest BCUT2D eigenvalue weighted by molar-refractivity contribution is -0.177. The van der Waals surface area contributed by atoms with Crippen LogP contribution in [0.2, 0.25) is 0 Å². The van der Waals surface area contributed by atoms with Gasteiger partial charge in [-0.3, -0.25) is 9.59 Å². The maximum atomic E-state index is 12.9. The highest BCUT2D eigenvalue weighted by atomic mass is 16.6. The molecule has 0 amide bonds. The molecule has 34 heavy (non-hydrogen) atoms. The number of benzene rings is 1. The molecule has 182 valence electrons. The number of rotatable bonds is 6. The van der Waals surface area contributed by atoms with Crippen LogP contribution >= 0.6 is 0 Å². The normalized spacial score (nSPS) is 31.5. The molecule has 1 saturated heterocycles. The maximum Gasteiger partial charge on any atom is 0.353 e. The third-order valence-corrected chi connectivity index (χ3v) is 7.71. The summed E-state index contributed by atoms with van der Waals surface area (Å²) in [6, 6.07) is 3.67. The zero-order chi connectivity index (χ0) is 24.4. The molecular formula is C24H27NO9. The van der Waals surface area contributed by atoms with Crippen molar-refractivity contribution >= 4 is 17.9 Å². The smallest absolute Gasteiger partial charge is 0.353 e. The molecule has 1 fully saturated rings. The van der Waals surface area contributed by atoms with Crippen molar-refractivity contribution in [3.63, 3.8) is 0 Å². The second-order valence-corrected chi connectivity index (χ2v) is 9.40. The van der Waals surface area contributed by atoms with Crippen molar-refractivity contribution in [2.45, 2.75) is 61.9 Å². The molecule has 2 aliphatic heterocycles. The van der Waals surface area contributed by atoms with Crippen molar-refractivity contribution < 1.29 is 43.5 Å². The molecule has 2 unspecified atom stereocenters. The highest BCUT2D eigenvalue weighted by molar-refractivity contribution is 5.84. The number of methoxy groups -OCH3 is 1. The van der Waals surface area contributed by atoms with E-state index in [1.165, 1.54) is 0 Å². The molecule has 1 spiro atoms. The number of hydrogen-bond acceptors (Lipinski definition) is 9. The number of ether oxygens (including phenoxy) is 4. The molecule has 5 atom stereocenters. The zero-order valence-electron chi connectivity index (χ0n) is 19.2. The fourth-order valence-corrected chi connectivity index (χ4v) is 6.30. The minimum atomic E-state index is -1.60. The van der Waals surface area contributed by atoms with Gasteiger partial charge in [0.2, 0.25) is 6.10 Å². The number of piperidine rings is 1. The number of carboxylic acids is 1. The fraction of sp³-hybridized carbons (Fsp3) is 0.542. The molecule has 2 bridgehead atoms. The third kappa shape index (κ3) is 2.98. The van der Waals surface area contributed by atoms with Gasteiger partial charge in [-0.2, -0.15) is 0 Å². The number of aliphatic carboxylic acids is 1.